The molecule has 4 aromatic rings. The monoisotopic (exact) mass is 580 g/mol. The van der Waals surface area contributed by atoms with Gasteiger partial charge >= 0.3 is 169 Å². The van der Waals surface area contributed by atoms with Crippen molar-refractivity contribution in [3.05, 3.63) is 81.1 Å². The molecular formula is C23H18F2N4O7Se. The molecule has 3 heterocycles. The van der Waals surface area contributed by atoms with E-state index in [0.717, 1.165) is 22.6 Å². The van der Waals surface area contributed by atoms with Crippen molar-refractivity contribution in [3.8, 4) is 11.4 Å². The molecule has 3 atom stereocenters. The van der Waals surface area contributed by atoms with E-state index in [1.54, 1.807) is 12.1 Å². The molecule has 5 rings (SSSR count). The summed E-state index contributed by atoms with van der Waals surface area (Å²) in [5.74, 6) is -5.20. The molecule has 0 radical (unpaired) electrons. The third-order valence-electron chi connectivity index (χ3n) is 5.83. The van der Waals surface area contributed by atoms with E-state index in [1.807, 2.05) is 12.1 Å². The number of hydrogen-bond acceptors (Lipinski definition) is 8. The number of phenolic OH excluding ortho intramolecular Hbond substituents is 1. The second-order valence-corrected chi connectivity index (χ2v) is 10.2. The summed E-state index contributed by atoms with van der Waals surface area (Å²) in [5, 5.41) is 32.1. The van der Waals surface area contributed by atoms with Crippen molar-refractivity contribution in [2.24, 2.45) is 0 Å². The fourth-order valence-corrected chi connectivity index (χ4v) is 6.08. The Kier molecular flexibility index (Phi) is 6.30. The van der Waals surface area contributed by atoms with Gasteiger partial charge in [-0.3, -0.25) is 0 Å². The Labute approximate surface area is 211 Å². The van der Waals surface area contributed by atoms with Crippen molar-refractivity contribution in [1.82, 2.24) is 13.1 Å². The maximum absolute atomic E-state index is 14.3. The molecule has 1 saturated heterocycles. The zero-order valence-electron chi connectivity index (χ0n) is 18.6. The van der Waals surface area contributed by atoms with Crippen LogP contribution in [0.3, 0.4) is 0 Å². The summed E-state index contributed by atoms with van der Waals surface area (Å²) < 4.78 is 36.3. The normalized spacial score (nSPS) is 20.8. The molecule has 0 spiro atoms. The van der Waals surface area contributed by atoms with E-state index in [9.17, 15) is 33.4 Å². The predicted octanol–water partition coefficient (Wildman–Crippen LogP) is 0.448. The van der Waals surface area contributed by atoms with E-state index < -0.39 is 57.3 Å². The number of halogens is 2. The van der Waals surface area contributed by atoms with Crippen molar-refractivity contribution >= 4 is 36.1 Å². The first-order chi connectivity index (χ1) is 17.6. The van der Waals surface area contributed by atoms with Gasteiger partial charge in [-0.2, -0.15) is 8.78 Å². The summed E-state index contributed by atoms with van der Waals surface area (Å²) in [6, 6.07) is 12.1. The fourth-order valence-electron chi connectivity index (χ4n) is 3.93. The first-order valence-corrected chi connectivity index (χ1v) is 12.4. The molecule has 37 heavy (non-hydrogen) atoms. The van der Waals surface area contributed by atoms with Crippen molar-refractivity contribution in [2.75, 3.05) is 11.9 Å². The number of fused-ring (bicyclic) bond motifs is 1. The first-order valence-electron chi connectivity index (χ1n) is 10.8. The number of anilines is 1. The van der Waals surface area contributed by atoms with E-state index in [4.69, 9.17) is 9.84 Å². The van der Waals surface area contributed by atoms with Crippen LogP contribution in [-0.2, 0) is 4.74 Å². The Bertz CT molecular complexity index is 1630. The van der Waals surface area contributed by atoms with Gasteiger partial charge in [-0.05, 0) is 0 Å². The minimum atomic E-state index is -3.87. The number of aliphatic hydroxyl groups is 2. The van der Waals surface area contributed by atoms with Gasteiger partial charge in [0.15, 0.2) is 6.10 Å². The standard InChI is InChI=1S/C23H18F2N4O7Se/c24-23(25)18(32)15(10-30)36-21(23)28-8-7-17(27-22(28)35)26-19(33)11-5-6-13(14(31)9-11)29-20(34)12-3-1-2-4-16(12)37-29/h1-9,15,18,21,30-32H,10H2,(H,26,27,33,35). The minimum absolute atomic E-state index is 0.0107. The second kappa shape index (κ2) is 9.32. The number of hydrogen-bond donors (Lipinski definition) is 4. The van der Waals surface area contributed by atoms with Gasteiger partial charge in [0, 0.05) is 0 Å². The van der Waals surface area contributed by atoms with Gasteiger partial charge in [0.25, 0.3) is 0 Å². The van der Waals surface area contributed by atoms with Crippen LogP contribution in [0.25, 0.3) is 15.3 Å². The van der Waals surface area contributed by atoms with Crippen LogP contribution in [0.5, 0.6) is 5.75 Å². The number of nitrogens with zero attached hydrogens (tertiary/aromatic N) is 3. The number of nitrogens with one attached hydrogen (secondary N) is 1. The Morgan fingerprint density at radius 1 is 1.19 bits per heavy atom. The van der Waals surface area contributed by atoms with Gasteiger partial charge < -0.3 is 14.9 Å². The molecule has 0 bridgehead atoms. The molecule has 4 N–H and O–H groups in total. The second-order valence-electron chi connectivity index (χ2n) is 8.18. The van der Waals surface area contributed by atoms with E-state index in [1.165, 1.54) is 15.7 Å². The molecule has 1 amide bonds. The number of aromatic hydroxyl groups is 1. The van der Waals surface area contributed by atoms with E-state index in [-0.39, 0.29) is 28.4 Å². The summed E-state index contributed by atoms with van der Waals surface area (Å²) in [6.07, 6.45) is -5.20. The molecule has 192 valence electrons. The van der Waals surface area contributed by atoms with Crippen LogP contribution in [0.15, 0.2) is 64.3 Å². The van der Waals surface area contributed by atoms with Gasteiger partial charge in [0.05, 0.1) is 6.61 Å². The van der Waals surface area contributed by atoms with Crippen LogP contribution in [-0.4, -0.2) is 73.8 Å². The third-order valence-corrected chi connectivity index (χ3v) is 8.13. The zero-order chi connectivity index (χ0) is 26.5. The first kappa shape index (κ1) is 25.0. The van der Waals surface area contributed by atoms with Gasteiger partial charge in [0.1, 0.15) is 6.10 Å². The molecule has 2 aromatic heterocycles. The van der Waals surface area contributed by atoms with Crippen LogP contribution < -0.4 is 16.6 Å². The van der Waals surface area contributed by atoms with Crippen molar-refractivity contribution in [2.45, 2.75) is 24.4 Å². The number of benzene rings is 2. The summed E-state index contributed by atoms with van der Waals surface area (Å²) in [5.41, 5.74) is -1.23. The molecule has 3 unspecified atom stereocenters. The number of aromatic nitrogens is 3. The summed E-state index contributed by atoms with van der Waals surface area (Å²) in [6.45, 7) is -0.880. The Hall–Kier alpha value is -3.68. The Morgan fingerprint density at radius 3 is 2.59 bits per heavy atom. The quantitative estimate of drug-likeness (QED) is 0.249. The fraction of sp³-hybridized carbons (Fsp3) is 0.217. The summed E-state index contributed by atoms with van der Waals surface area (Å²) in [7, 11) is 0. The average molecular weight is 579 g/mol. The molecule has 1 aliphatic heterocycles. The number of phenols is 1. The van der Waals surface area contributed by atoms with E-state index in [2.05, 4.69) is 10.3 Å². The topological polar surface area (TPSA) is 156 Å². The maximum atomic E-state index is 14.3. The molecule has 14 heteroatoms. The molecule has 0 saturated carbocycles. The third kappa shape index (κ3) is 4.28. The number of alkyl halides is 2. The van der Waals surface area contributed by atoms with Crippen LogP contribution in [0.1, 0.15) is 16.6 Å². The molecule has 11 nitrogen and oxygen atoms in total. The van der Waals surface area contributed by atoms with Crippen LogP contribution in [0.4, 0.5) is 14.6 Å². The zero-order valence-corrected chi connectivity index (χ0v) is 20.3. The van der Waals surface area contributed by atoms with Crippen molar-refractivity contribution in [1.29, 1.82) is 0 Å². The Balaban J connectivity index is 1.36. The predicted molar refractivity (Wildman–Crippen MR) is 127 cm³/mol. The summed E-state index contributed by atoms with van der Waals surface area (Å²) in [4.78, 5) is 41.3. The average Bonchev–Trinajstić information content (AvgIpc) is 3.32. The number of rotatable bonds is 5. The van der Waals surface area contributed by atoms with Gasteiger partial charge in [-0.15, -0.1) is 0 Å². The SMILES string of the molecule is O=C(Nc1ccn(C2OC(CO)C(O)C2(F)F)c(=O)n1)c1ccc(-n2[se]c3ccccc3c2=O)c(O)c1. The number of ether oxygens (including phenoxy) is 1. The van der Waals surface area contributed by atoms with E-state index in [0.29, 0.717) is 9.95 Å². The molecule has 2 aromatic carbocycles. The summed E-state index contributed by atoms with van der Waals surface area (Å²) >= 11 is -0.393. The van der Waals surface area contributed by atoms with Crippen molar-refractivity contribution < 1.29 is 33.6 Å². The molecule has 1 fully saturated rings. The van der Waals surface area contributed by atoms with Crippen LogP contribution in [0.2, 0.25) is 0 Å². The number of amides is 1. The van der Waals surface area contributed by atoms with Gasteiger partial charge in [-0.25, -0.2) is 0 Å². The van der Waals surface area contributed by atoms with Gasteiger partial charge in [-0.1, -0.05) is 0 Å². The van der Waals surface area contributed by atoms with Crippen molar-refractivity contribution in [3.63, 3.8) is 0 Å². The molecule has 1 aliphatic rings. The van der Waals surface area contributed by atoms with Gasteiger partial charge in [0.2, 0.25) is 0 Å². The number of aliphatic hydroxyl groups excluding tert-OH is 2. The molecular weight excluding hydrogens is 561 g/mol. The molecule has 0 aliphatic carbocycles. The van der Waals surface area contributed by atoms with Crippen LogP contribution >= 0.6 is 0 Å². The van der Waals surface area contributed by atoms with E-state index >= 15 is 0 Å². The van der Waals surface area contributed by atoms with Crippen LogP contribution in [0, 0.1) is 0 Å². The Morgan fingerprint density at radius 2 is 1.95 bits per heavy atom. The number of carbonyl (C=O) groups is 1. The number of carbonyl (C=O) groups excluding carboxylic acids is 1.